The maximum absolute atomic E-state index is 12.8. The SMILES string of the molecule is O=C(Nc1cccc(-c2ccc(N3CCOCC3)nn2)c1)c1cccc(-n2cnnn2)c1. The summed E-state index contributed by atoms with van der Waals surface area (Å²) in [6.45, 7) is 3.02. The second-order valence-electron chi connectivity index (χ2n) is 7.22. The highest BCUT2D eigenvalue weighted by Crippen LogP contribution is 2.23. The number of tetrazole rings is 1. The monoisotopic (exact) mass is 428 g/mol. The van der Waals surface area contributed by atoms with E-state index in [1.54, 1.807) is 18.2 Å². The number of hydrogen-bond donors (Lipinski definition) is 1. The van der Waals surface area contributed by atoms with Gasteiger partial charge < -0.3 is 15.0 Å². The van der Waals surface area contributed by atoms with E-state index in [1.807, 2.05) is 42.5 Å². The number of carbonyl (C=O) groups is 1. The third-order valence-corrected chi connectivity index (χ3v) is 5.12. The Kier molecular flexibility index (Phi) is 5.50. The molecule has 2 aromatic heterocycles. The number of carbonyl (C=O) groups excluding carboxylic acids is 1. The van der Waals surface area contributed by atoms with Crippen molar-refractivity contribution in [1.82, 2.24) is 30.4 Å². The molecule has 1 N–H and O–H groups in total. The summed E-state index contributed by atoms with van der Waals surface area (Å²) >= 11 is 0. The molecule has 1 aliphatic rings. The number of ether oxygens (including phenoxy) is 1. The molecule has 32 heavy (non-hydrogen) atoms. The van der Waals surface area contributed by atoms with Gasteiger partial charge in [0.05, 0.1) is 24.6 Å². The first kappa shape index (κ1) is 19.8. The van der Waals surface area contributed by atoms with Crippen molar-refractivity contribution in [3.8, 4) is 16.9 Å². The van der Waals surface area contributed by atoms with Gasteiger partial charge in [0.2, 0.25) is 0 Å². The van der Waals surface area contributed by atoms with Crippen molar-refractivity contribution in [1.29, 1.82) is 0 Å². The highest BCUT2D eigenvalue weighted by atomic mass is 16.5. The zero-order chi connectivity index (χ0) is 21.8. The molecule has 5 rings (SSSR count). The van der Waals surface area contributed by atoms with Crippen LogP contribution < -0.4 is 10.2 Å². The number of aromatic nitrogens is 6. The Morgan fingerprint density at radius 3 is 2.62 bits per heavy atom. The van der Waals surface area contributed by atoms with Crippen LogP contribution in [0.15, 0.2) is 67.0 Å². The molecule has 0 radical (unpaired) electrons. The number of amides is 1. The van der Waals surface area contributed by atoms with Gasteiger partial charge in [-0.3, -0.25) is 4.79 Å². The van der Waals surface area contributed by atoms with Crippen molar-refractivity contribution >= 4 is 17.4 Å². The molecule has 1 fully saturated rings. The van der Waals surface area contributed by atoms with Crippen LogP contribution in [-0.2, 0) is 4.74 Å². The normalized spacial score (nSPS) is 13.7. The van der Waals surface area contributed by atoms with Crippen LogP contribution in [0.2, 0.25) is 0 Å². The summed E-state index contributed by atoms with van der Waals surface area (Å²) < 4.78 is 6.88. The van der Waals surface area contributed by atoms with Gasteiger partial charge in [-0.15, -0.1) is 15.3 Å². The first-order chi connectivity index (χ1) is 15.8. The lowest BCUT2D eigenvalue weighted by Gasteiger charge is -2.27. The number of benzene rings is 2. The van der Waals surface area contributed by atoms with Crippen LogP contribution in [0.4, 0.5) is 11.5 Å². The van der Waals surface area contributed by atoms with Crippen LogP contribution in [0, 0.1) is 0 Å². The fourth-order valence-electron chi connectivity index (χ4n) is 3.47. The van der Waals surface area contributed by atoms with Crippen LogP contribution in [-0.4, -0.2) is 62.6 Å². The molecule has 0 spiro atoms. The molecule has 0 bridgehead atoms. The van der Waals surface area contributed by atoms with Crippen LogP contribution in [0.5, 0.6) is 0 Å². The summed E-state index contributed by atoms with van der Waals surface area (Å²) in [4.78, 5) is 14.9. The molecule has 1 saturated heterocycles. The summed E-state index contributed by atoms with van der Waals surface area (Å²) in [6, 6.07) is 18.5. The Balaban J connectivity index is 1.31. The Morgan fingerprint density at radius 2 is 1.84 bits per heavy atom. The molecule has 2 aromatic carbocycles. The van der Waals surface area contributed by atoms with E-state index in [-0.39, 0.29) is 5.91 Å². The van der Waals surface area contributed by atoms with Gasteiger partial charge >= 0.3 is 0 Å². The summed E-state index contributed by atoms with van der Waals surface area (Å²) in [5, 5.41) is 22.8. The quantitative estimate of drug-likeness (QED) is 0.515. The fraction of sp³-hybridized carbons (Fsp3) is 0.182. The number of morpholine rings is 1. The van der Waals surface area contributed by atoms with Crippen LogP contribution >= 0.6 is 0 Å². The molecule has 1 aliphatic heterocycles. The van der Waals surface area contributed by atoms with Gasteiger partial charge in [0, 0.05) is 29.9 Å². The van der Waals surface area contributed by atoms with Gasteiger partial charge in [-0.2, -0.15) is 0 Å². The van der Waals surface area contributed by atoms with Crippen molar-refractivity contribution in [3.63, 3.8) is 0 Å². The van der Waals surface area contributed by atoms with Gasteiger partial charge in [-0.25, -0.2) is 4.68 Å². The van der Waals surface area contributed by atoms with Gasteiger partial charge in [-0.05, 0) is 52.9 Å². The van der Waals surface area contributed by atoms with Crippen LogP contribution in [0.1, 0.15) is 10.4 Å². The Bertz CT molecular complexity index is 1200. The standard InChI is InChI=1S/C22H20N8O2/c31-22(17-4-2-6-19(14-17)30-15-23-27-28-30)24-18-5-1-3-16(13-18)20-7-8-21(26-25-20)29-9-11-32-12-10-29/h1-8,13-15H,9-12H2,(H,24,31). The molecule has 0 saturated carbocycles. The predicted octanol–water partition coefficient (Wildman–Crippen LogP) is 2.21. The summed E-state index contributed by atoms with van der Waals surface area (Å²) in [7, 11) is 0. The van der Waals surface area contributed by atoms with E-state index in [4.69, 9.17) is 4.74 Å². The van der Waals surface area contributed by atoms with Crippen molar-refractivity contribution in [2.45, 2.75) is 0 Å². The van der Waals surface area contributed by atoms with Gasteiger partial charge in [0.1, 0.15) is 6.33 Å². The van der Waals surface area contributed by atoms with Crippen LogP contribution in [0.25, 0.3) is 16.9 Å². The summed E-state index contributed by atoms with van der Waals surface area (Å²) in [5.74, 6) is 0.606. The van der Waals surface area contributed by atoms with Crippen LogP contribution in [0.3, 0.4) is 0 Å². The number of nitrogens with one attached hydrogen (secondary N) is 1. The lowest BCUT2D eigenvalue weighted by atomic mass is 10.1. The van der Waals surface area contributed by atoms with E-state index in [9.17, 15) is 4.79 Å². The second-order valence-corrected chi connectivity index (χ2v) is 7.22. The zero-order valence-corrected chi connectivity index (χ0v) is 17.1. The van der Waals surface area contributed by atoms with Gasteiger partial charge in [0.15, 0.2) is 5.82 Å². The van der Waals surface area contributed by atoms with E-state index in [0.717, 1.165) is 30.2 Å². The minimum Gasteiger partial charge on any atom is -0.378 e. The molecule has 3 heterocycles. The zero-order valence-electron chi connectivity index (χ0n) is 17.1. The average molecular weight is 428 g/mol. The first-order valence-corrected chi connectivity index (χ1v) is 10.2. The van der Waals surface area contributed by atoms with E-state index in [2.05, 4.69) is 35.9 Å². The predicted molar refractivity (Wildman–Crippen MR) is 118 cm³/mol. The van der Waals surface area contributed by atoms with E-state index >= 15 is 0 Å². The lowest BCUT2D eigenvalue weighted by Crippen LogP contribution is -2.36. The molecule has 0 unspecified atom stereocenters. The smallest absolute Gasteiger partial charge is 0.255 e. The third-order valence-electron chi connectivity index (χ3n) is 5.12. The first-order valence-electron chi connectivity index (χ1n) is 10.2. The molecule has 0 aliphatic carbocycles. The lowest BCUT2D eigenvalue weighted by molar-refractivity contribution is 0.102. The molecular weight excluding hydrogens is 408 g/mol. The molecule has 4 aromatic rings. The minimum atomic E-state index is -0.231. The Hall–Kier alpha value is -4.18. The third kappa shape index (κ3) is 4.30. The largest absolute Gasteiger partial charge is 0.378 e. The molecule has 10 nitrogen and oxygen atoms in total. The highest BCUT2D eigenvalue weighted by Gasteiger charge is 2.13. The highest BCUT2D eigenvalue weighted by molar-refractivity contribution is 6.04. The molecule has 1 amide bonds. The molecule has 10 heteroatoms. The molecule has 160 valence electrons. The van der Waals surface area contributed by atoms with E-state index < -0.39 is 0 Å². The van der Waals surface area contributed by atoms with Gasteiger partial charge in [0.25, 0.3) is 5.91 Å². The Labute approximate surface area is 183 Å². The van der Waals surface area contributed by atoms with Crippen molar-refractivity contribution in [2.75, 3.05) is 36.5 Å². The number of hydrogen-bond acceptors (Lipinski definition) is 8. The van der Waals surface area contributed by atoms with E-state index in [1.165, 1.54) is 11.0 Å². The number of nitrogens with zero attached hydrogens (tertiary/aromatic N) is 7. The summed E-state index contributed by atoms with van der Waals surface area (Å²) in [6.07, 6.45) is 1.48. The average Bonchev–Trinajstić information content (AvgIpc) is 3.40. The maximum Gasteiger partial charge on any atom is 0.255 e. The summed E-state index contributed by atoms with van der Waals surface area (Å²) in [5.41, 5.74) is 3.47. The second kappa shape index (κ2) is 8.90. The van der Waals surface area contributed by atoms with E-state index in [0.29, 0.717) is 30.2 Å². The van der Waals surface area contributed by atoms with Crippen molar-refractivity contribution < 1.29 is 9.53 Å². The maximum atomic E-state index is 12.8. The van der Waals surface area contributed by atoms with Gasteiger partial charge in [-0.1, -0.05) is 18.2 Å². The van der Waals surface area contributed by atoms with Crippen molar-refractivity contribution in [3.05, 3.63) is 72.6 Å². The topological polar surface area (TPSA) is 111 Å². The molecular formula is C22H20N8O2. The minimum absolute atomic E-state index is 0.231. The number of anilines is 2. The van der Waals surface area contributed by atoms with Crippen molar-refractivity contribution in [2.24, 2.45) is 0 Å². The molecule has 0 atom stereocenters. The number of rotatable bonds is 5. The Morgan fingerprint density at radius 1 is 0.969 bits per heavy atom. The fourth-order valence-corrected chi connectivity index (χ4v) is 3.47.